The van der Waals surface area contributed by atoms with Crippen molar-refractivity contribution in [3.63, 3.8) is 0 Å². The fourth-order valence-electron chi connectivity index (χ4n) is 1.46. The van der Waals surface area contributed by atoms with Crippen molar-refractivity contribution in [1.29, 1.82) is 0 Å². The van der Waals surface area contributed by atoms with Gasteiger partial charge in [-0.1, -0.05) is 11.6 Å². The lowest BCUT2D eigenvalue weighted by Crippen LogP contribution is -2.21. The minimum absolute atomic E-state index is 0.331. The quantitative estimate of drug-likeness (QED) is 0.846. The number of nitrogens with one attached hydrogen (secondary N) is 2. The standard InChI is InChI=1S/C13H12ClN3O3/c1-8-6-11(17-16-8)15-12(18)7-20-13(19)9-2-4-10(14)5-3-9/h2-6H,7H2,1H3,(H2,15,16,17,18). The molecule has 0 aliphatic rings. The first-order valence-corrected chi connectivity index (χ1v) is 6.17. The van der Waals surface area contributed by atoms with Crippen molar-refractivity contribution in [3.8, 4) is 0 Å². The molecule has 2 N–H and O–H groups in total. The number of carbonyl (C=O) groups is 2. The lowest BCUT2D eigenvalue weighted by molar-refractivity contribution is -0.119. The van der Waals surface area contributed by atoms with E-state index in [1.54, 1.807) is 18.2 Å². The molecule has 104 valence electrons. The molecule has 0 spiro atoms. The predicted molar refractivity (Wildman–Crippen MR) is 73.7 cm³/mol. The number of carbonyl (C=O) groups excluding carboxylic acids is 2. The summed E-state index contributed by atoms with van der Waals surface area (Å²) in [6, 6.07) is 7.87. The number of anilines is 1. The van der Waals surface area contributed by atoms with E-state index in [0.29, 0.717) is 16.4 Å². The van der Waals surface area contributed by atoms with Crippen molar-refractivity contribution in [2.24, 2.45) is 0 Å². The number of hydrogen-bond acceptors (Lipinski definition) is 4. The van der Waals surface area contributed by atoms with E-state index in [1.807, 2.05) is 6.92 Å². The number of amides is 1. The van der Waals surface area contributed by atoms with E-state index < -0.39 is 11.9 Å². The molecule has 0 saturated heterocycles. The smallest absolute Gasteiger partial charge is 0.338 e. The van der Waals surface area contributed by atoms with E-state index in [9.17, 15) is 9.59 Å². The lowest BCUT2D eigenvalue weighted by Gasteiger charge is -2.04. The Kier molecular flexibility index (Phi) is 4.37. The van der Waals surface area contributed by atoms with Crippen molar-refractivity contribution in [1.82, 2.24) is 10.2 Å². The monoisotopic (exact) mass is 293 g/mol. The van der Waals surface area contributed by atoms with Gasteiger partial charge in [-0.15, -0.1) is 0 Å². The first-order chi connectivity index (χ1) is 9.54. The zero-order valence-electron chi connectivity index (χ0n) is 10.6. The number of benzene rings is 1. The number of halogens is 1. The summed E-state index contributed by atoms with van der Waals surface area (Å²) in [4.78, 5) is 23.2. The molecule has 6 nitrogen and oxygen atoms in total. The van der Waals surface area contributed by atoms with Gasteiger partial charge in [-0.25, -0.2) is 4.79 Å². The summed E-state index contributed by atoms with van der Waals surface area (Å²) in [6.07, 6.45) is 0. The molecule has 0 saturated carbocycles. The maximum Gasteiger partial charge on any atom is 0.338 e. The van der Waals surface area contributed by atoms with Crippen LogP contribution in [0, 0.1) is 6.92 Å². The zero-order valence-corrected chi connectivity index (χ0v) is 11.4. The molecule has 0 bridgehead atoms. The van der Waals surface area contributed by atoms with Crippen LogP contribution in [0.1, 0.15) is 16.1 Å². The molecule has 0 unspecified atom stereocenters. The third-order valence-electron chi connectivity index (χ3n) is 2.39. The molecule has 7 heteroatoms. The number of aromatic nitrogens is 2. The fraction of sp³-hybridized carbons (Fsp3) is 0.154. The summed E-state index contributed by atoms with van der Waals surface area (Å²) in [7, 11) is 0. The van der Waals surface area contributed by atoms with Gasteiger partial charge in [0.25, 0.3) is 5.91 Å². The Morgan fingerprint density at radius 3 is 2.65 bits per heavy atom. The van der Waals surface area contributed by atoms with Crippen molar-refractivity contribution in [3.05, 3.63) is 46.6 Å². The van der Waals surface area contributed by atoms with Crippen molar-refractivity contribution >= 4 is 29.3 Å². The summed E-state index contributed by atoms with van der Waals surface area (Å²) in [5.74, 6) is -0.663. The summed E-state index contributed by atoms with van der Waals surface area (Å²) in [5, 5.41) is 9.54. The van der Waals surface area contributed by atoms with Gasteiger partial charge in [0.15, 0.2) is 12.4 Å². The highest BCUT2D eigenvalue weighted by Gasteiger charge is 2.11. The topological polar surface area (TPSA) is 84.1 Å². The SMILES string of the molecule is Cc1cc(NC(=O)COC(=O)c2ccc(Cl)cc2)n[nH]1. The van der Waals surface area contributed by atoms with Gasteiger partial charge in [0.2, 0.25) is 0 Å². The Hall–Kier alpha value is -2.34. The second kappa shape index (κ2) is 6.21. The summed E-state index contributed by atoms with van der Waals surface area (Å²) < 4.78 is 4.88. The van der Waals surface area contributed by atoms with E-state index >= 15 is 0 Å². The molecule has 0 aliphatic heterocycles. The van der Waals surface area contributed by atoms with Gasteiger partial charge in [0.05, 0.1) is 5.56 Å². The third-order valence-corrected chi connectivity index (χ3v) is 2.64. The van der Waals surface area contributed by atoms with Gasteiger partial charge in [-0.3, -0.25) is 9.89 Å². The highest BCUT2D eigenvalue weighted by molar-refractivity contribution is 6.30. The second-order valence-corrected chi connectivity index (χ2v) is 4.50. The number of aromatic amines is 1. The van der Waals surface area contributed by atoms with Gasteiger partial charge in [-0.05, 0) is 31.2 Å². The highest BCUT2D eigenvalue weighted by Crippen LogP contribution is 2.10. The van der Waals surface area contributed by atoms with Crippen molar-refractivity contribution in [2.45, 2.75) is 6.92 Å². The van der Waals surface area contributed by atoms with Crippen LogP contribution in [0.25, 0.3) is 0 Å². The Bertz CT molecular complexity index is 622. The average molecular weight is 294 g/mol. The van der Waals surface area contributed by atoms with Gasteiger partial charge >= 0.3 is 5.97 Å². The van der Waals surface area contributed by atoms with Gasteiger partial charge in [0.1, 0.15) is 0 Å². The number of hydrogen-bond donors (Lipinski definition) is 2. The first kappa shape index (κ1) is 14.1. The van der Waals surface area contributed by atoms with Crippen molar-refractivity contribution in [2.75, 3.05) is 11.9 Å². The molecule has 2 aromatic rings. The van der Waals surface area contributed by atoms with E-state index in [1.165, 1.54) is 12.1 Å². The van der Waals surface area contributed by atoms with Crippen LogP contribution in [-0.2, 0) is 9.53 Å². The molecule has 0 atom stereocenters. The molecule has 1 amide bonds. The molecule has 0 radical (unpaired) electrons. The molecule has 1 aromatic carbocycles. The number of esters is 1. The van der Waals surface area contributed by atoms with E-state index in [0.717, 1.165) is 5.69 Å². The van der Waals surface area contributed by atoms with Crippen LogP contribution in [0.2, 0.25) is 5.02 Å². The Balaban J connectivity index is 1.84. The molecule has 1 heterocycles. The Morgan fingerprint density at radius 2 is 2.05 bits per heavy atom. The molecule has 1 aromatic heterocycles. The number of nitrogens with zero attached hydrogens (tertiary/aromatic N) is 1. The Labute approximate surface area is 120 Å². The van der Waals surface area contributed by atoms with Crippen molar-refractivity contribution < 1.29 is 14.3 Å². The fourth-order valence-corrected chi connectivity index (χ4v) is 1.59. The van der Waals surface area contributed by atoms with Crippen LogP contribution < -0.4 is 5.32 Å². The van der Waals surface area contributed by atoms with Gasteiger partial charge in [-0.2, -0.15) is 5.10 Å². The summed E-state index contributed by atoms with van der Waals surface area (Å²) >= 11 is 5.71. The summed E-state index contributed by atoms with van der Waals surface area (Å²) in [6.45, 7) is 1.43. The molecule has 0 aliphatic carbocycles. The highest BCUT2D eigenvalue weighted by atomic mass is 35.5. The number of rotatable bonds is 4. The maximum absolute atomic E-state index is 11.6. The molecule has 20 heavy (non-hydrogen) atoms. The predicted octanol–water partition coefficient (Wildman–Crippen LogP) is 2.17. The third kappa shape index (κ3) is 3.83. The number of ether oxygens (including phenoxy) is 1. The van der Waals surface area contributed by atoms with Crippen LogP contribution in [0.15, 0.2) is 30.3 Å². The van der Waals surface area contributed by atoms with E-state index in [2.05, 4.69) is 15.5 Å². The molecular weight excluding hydrogens is 282 g/mol. The largest absolute Gasteiger partial charge is 0.452 e. The minimum Gasteiger partial charge on any atom is -0.452 e. The van der Waals surface area contributed by atoms with Crippen LogP contribution >= 0.6 is 11.6 Å². The normalized spacial score (nSPS) is 10.1. The van der Waals surface area contributed by atoms with Gasteiger partial charge < -0.3 is 10.1 Å². The molecular formula is C13H12ClN3O3. The van der Waals surface area contributed by atoms with Crippen LogP contribution in [0.3, 0.4) is 0 Å². The Morgan fingerprint density at radius 1 is 1.35 bits per heavy atom. The van der Waals surface area contributed by atoms with E-state index in [-0.39, 0.29) is 6.61 Å². The van der Waals surface area contributed by atoms with E-state index in [4.69, 9.17) is 16.3 Å². The van der Waals surface area contributed by atoms with Gasteiger partial charge in [0, 0.05) is 16.8 Å². The number of H-pyrrole nitrogens is 1. The minimum atomic E-state index is -0.588. The second-order valence-electron chi connectivity index (χ2n) is 4.07. The van der Waals surface area contributed by atoms with Crippen LogP contribution in [0.5, 0.6) is 0 Å². The van der Waals surface area contributed by atoms with Crippen LogP contribution in [0.4, 0.5) is 5.82 Å². The van der Waals surface area contributed by atoms with Crippen LogP contribution in [-0.4, -0.2) is 28.7 Å². The first-order valence-electron chi connectivity index (χ1n) is 5.79. The average Bonchev–Trinajstić information content (AvgIpc) is 2.82. The zero-order chi connectivity index (χ0) is 14.5. The maximum atomic E-state index is 11.6. The summed E-state index contributed by atoms with van der Waals surface area (Å²) in [5.41, 5.74) is 1.15. The molecule has 2 rings (SSSR count). The lowest BCUT2D eigenvalue weighted by atomic mass is 10.2. The molecule has 0 fully saturated rings. The number of aryl methyl sites for hydroxylation is 1.